The van der Waals surface area contributed by atoms with Crippen molar-refractivity contribution in [3.8, 4) is 0 Å². The number of carbonyl (C=O) groups is 1. The lowest BCUT2D eigenvalue weighted by Gasteiger charge is -2.28. The lowest BCUT2D eigenvalue weighted by atomic mass is 9.98. The summed E-state index contributed by atoms with van der Waals surface area (Å²) in [7, 11) is 0. The summed E-state index contributed by atoms with van der Waals surface area (Å²) in [4.78, 5) is 14.1. The van der Waals surface area contributed by atoms with Gasteiger partial charge in [-0.3, -0.25) is 4.79 Å². The van der Waals surface area contributed by atoms with Crippen LogP contribution in [0.25, 0.3) is 0 Å². The van der Waals surface area contributed by atoms with Gasteiger partial charge in [0.1, 0.15) is 0 Å². The van der Waals surface area contributed by atoms with Crippen LogP contribution in [0.4, 0.5) is 5.69 Å². The first-order valence-corrected chi connectivity index (χ1v) is 6.85. The molecule has 0 spiro atoms. The zero-order chi connectivity index (χ0) is 13.4. The van der Waals surface area contributed by atoms with Crippen molar-refractivity contribution in [2.75, 3.05) is 12.3 Å². The molecular formula is C14H13BrN2O2. The van der Waals surface area contributed by atoms with E-state index in [9.17, 15) is 4.79 Å². The molecule has 0 fully saturated rings. The van der Waals surface area contributed by atoms with Gasteiger partial charge in [-0.1, -0.05) is 12.1 Å². The van der Waals surface area contributed by atoms with Crippen molar-refractivity contribution >= 4 is 27.5 Å². The second kappa shape index (κ2) is 4.74. The number of nitrogens with zero attached hydrogens (tertiary/aromatic N) is 1. The molecule has 0 saturated carbocycles. The van der Waals surface area contributed by atoms with Crippen LogP contribution in [-0.4, -0.2) is 17.4 Å². The van der Waals surface area contributed by atoms with Crippen molar-refractivity contribution in [1.29, 1.82) is 0 Å². The lowest BCUT2D eigenvalue weighted by Crippen LogP contribution is -2.36. The van der Waals surface area contributed by atoms with Gasteiger partial charge in [0.05, 0.1) is 0 Å². The highest BCUT2D eigenvalue weighted by atomic mass is 79.9. The van der Waals surface area contributed by atoms with E-state index in [-0.39, 0.29) is 5.91 Å². The molecule has 2 heterocycles. The van der Waals surface area contributed by atoms with Gasteiger partial charge in [-0.05, 0) is 51.7 Å². The Bertz CT molecular complexity index is 636. The number of nitrogens with two attached hydrogens (primary N) is 1. The summed E-state index contributed by atoms with van der Waals surface area (Å²) in [5, 5.41) is 0. The highest BCUT2D eigenvalue weighted by molar-refractivity contribution is 9.10. The van der Waals surface area contributed by atoms with E-state index in [0.29, 0.717) is 23.5 Å². The molecule has 2 N–H and O–H groups in total. The van der Waals surface area contributed by atoms with Crippen molar-refractivity contribution in [3.63, 3.8) is 0 Å². The molecule has 0 bridgehead atoms. The van der Waals surface area contributed by atoms with Gasteiger partial charge in [0, 0.05) is 18.8 Å². The Balaban J connectivity index is 1.84. The first-order valence-electron chi connectivity index (χ1n) is 6.06. The van der Waals surface area contributed by atoms with Crippen molar-refractivity contribution in [1.82, 2.24) is 4.90 Å². The van der Waals surface area contributed by atoms with E-state index < -0.39 is 0 Å². The molecule has 0 saturated heterocycles. The number of halogens is 1. The predicted molar refractivity (Wildman–Crippen MR) is 75.7 cm³/mol. The third-order valence-corrected chi connectivity index (χ3v) is 3.80. The standard InChI is InChI=1S/C14H13BrN2O2/c15-13-5-4-12(19-13)14(18)17-7-6-10-9(8-17)2-1-3-11(10)16/h1-5H,6-8,16H2. The molecule has 0 atom stereocenters. The second-order valence-corrected chi connectivity index (χ2v) is 5.35. The molecular weight excluding hydrogens is 308 g/mol. The maximum Gasteiger partial charge on any atom is 0.289 e. The van der Waals surface area contributed by atoms with Gasteiger partial charge >= 0.3 is 0 Å². The molecule has 0 radical (unpaired) electrons. The Kier molecular flexibility index (Phi) is 3.06. The molecule has 19 heavy (non-hydrogen) atoms. The topological polar surface area (TPSA) is 59.5 Å². The number of nitrogen functional groups attached to an aromatic ring is 1. The third kappa shape index (κ3) is 2.26. The number of amides is 1. The molecule has 0 unspecified atom stereocenters. The number of hydrogen-bond acceptors (Lipinski definition) is 3. The van der Waals surface area contributed by atoms with Gasteiger partial charge in [0.25, 0.3) is 5.91 Å². The Morgan fingerprint density at radius 2 is 2.16 bits per heavy atom. The average molecular weight is 321 g/mol. The Hall–Kier alpha value is -1.75. The van der Waals surface area contributed by atoms with Crippen molar-refractivity contribution in [2.24, 2.45) is 0 Å². The summed E-state index contributed by atoms with van der Waals surface area (Å²) in [6.07, 6.45) is 0.787. The Labute approximate surface area is 119 Å². The molecule has 5 heteroatoms. The van der Waals surface area contributed by atoms with Gasteiger partial charge in [-0.15, -0.1) is 0 Å². The van der Waals surface area contributed by atoms with E-state index in [1.165, 1.54) is 0 Å². The summed E-state index contributed by atoms with van der Waals surface area (Å²) >= 11 is 3.21. The molecule has 1 aromatic carbocycles. The van der Waals surface area contributed by atoms with E-state index >= 15 is 0 Å². The first-order chi connectivity index (χ1) is 9.15. The molecule has 1 aliphatic rings. The van der Waals surface area contributed by atoms with Crippen LogP contribution in [0.1, 0.15) is 21.7 Å². The van der Waals surface area contributed by atoms with E-state index in [4.69, 9.17) is 10.2 Å². The molecule has 4 nitrogen and oxygen atoms in total. The number of hydrogen-bond donors (Lipinski definition) is 1. The fourth-order valence-corrected chi connectivity index (χ4v) is 2.70. The van der Waals surface area contributed by atoms with Gasteiger partial charge in [0.15, 0.2) is 10.4 Å². The SMILES string of the molecule is Nc1cccc2c1CCN(C(=O)c1ccc(Br)o1)C2. The number of furan rings is 1. The zero-order valence-corrected chi connectivity index (χ0v) is 11.8. The third-order valence-electron chi connectivity index (χ3n) is 3.37. The number of fused-ring (bicyclic) bond motifs is 1. The summed E-state index contributed by atoms with van der Waals surface area (Å²) in [6, 6.07) is 9.25. The monoisotopic (exact) mass is 320 g/mol. The molecule has 0 aliphatic carbocycles. The summed E-state index contributed by atoms with van der Waals surface area (Å²) in [6.45, 7) is 1.25. The molecule has 2 aromatic rings. The highest BCUT2D eigenvalue weighted by Gasteiger charge is 2.24. The summed E-state index contributed by atoms with van der Waals surface area (Å²) in [5.41, 5.74) is 9.04. The minimum absolute atomic E-state index is 0.0845. The van der Waals surface area contributed by atoms with Gasteiger partial charge < -0.3 is 15.1 Å². The van der Waals surface area contributed by atoms with Crippen LogP contribution in [0.5, 0.6) is 0 Å². The van der Waals surface area contributed by atoms with E-state index in [2.05, 4.69) is 15.9 Å². The average Bonchev–Trinajstić information content (AvgIpc) is 2.84. The molecule has 3 rings (SSSR count). The molecule has 1 amide bonds. The fourth-order valence-electron chi connectivity index (χ4n) is 2.40. The lowest BCUT2D eigenvalue weighted by molar-refractivity contribution is 0.0701. The molecule has 98 valence electrons. The minimum atomic E-state index is -0.0845. The maximum atomic E-state index is 12.3. The Morgan fingerprint density at radius 3 is 2.89 bits per heavy atom. The van der Waals surface area contributed by atoms with Gasteiger partial charge in [0.2, 0.25) is 0 Å². The van der Waals surface area contributed by atoms with Gasteiger partial charge in [-0.25, -0.2) is 0 Å². The van der Waals surface area contributed by atoms with Crippen molar-refractivity contribution < 1.29 is 9.21 Å². The zero-order valence-electron chi connectivity index (χ0n) is 10.2. The normalized spacial score (nSPS) is 14.3. The largest absolute Gasteiger partial charge is 0.444 e. The van der Waals surface area contributed by atoms with E-state index in [1.807, 2.05) is 18.2 Å². The second-order valence-electron chi connectivity index (χ2n) is 4.57. The van der Waals surface area contributed by atoms with Crippen LogP contribution >= 0.6 is 15.9 Å². The smallest absolute Gasteiger partial charge is 0.289 e. The summed E-state index contributed by atoms with van der Waals surface area (Å²) in [5.74, 6) is 0.276. The maximum absolute atomic E-state index is 12.3. The highest BCUT2D eigenvalue weighted by Crippen LogP contribution is 2.25. The molecule has 1 aromatic heterocycles. The first kappa shape index (κ1) is 12.3. The minimum Gasteiger partial charge on any atom is -0.444 e. The van der Waals surface area contributed by atoms with Crippen molar-refractivity contribution in [3.05, 3.63) is 51.9 Å². The number of benzene rings is 1. The molecule has 1 aliphatic heterocycles. The van der Waals surface area contributed by atoms with Crippen LogP contribution in [0.2, 0.25) is 0 Å². The Morgan fingerprint density at radius 1 is 1.32 bits per heavy atom. The summed E-state index contributed by atoms with van der Waals surface area (Å²) < 4.78 is 5.88. The van der Waals surface area contributed by atoms with Gasteiger partial charge in [-0.2, -0.15) is 0 Å². The number of carbonyl (C=O) groups excluding carboxylic acids is 1. The van der Waals surface area contributed by atoms with Crippen LogP contribution < -0.4 is 5.73 Å². The fraction of sp³-hybridized carbons (Fsp3) is 0.214. The quantitative estimate of drug-likeness (QED) is 0.822. The van der Waals surface area contributed by atoms with Crippen LogP contribution in [-0.2, 0) is 13.0 Å². The van der Waals surface area contributed by atoms with Crippen molar-refractivity contribution in [2.45, 2.75) is 13.0 Å². The number of anilines is 1. The predicted octanol–water partition coefficient (Wildman–Crippen LogP) is 2.82. The van der Waals surface area contributed by atoms with E-state index in [1.54, 1.807) is 17.0 Å². The van der Waals surface area contributed by atoms with E-state index in [0.717, 1.165) is 23.2 Å². The number of rotatable bonds is 1. The van der Waals surface area contributed by atoms with Crippen LogP contribution in [0.3, 0.4) is 0 Å². The van der Waals surface area contributed by atoms with Crippen LogP contribution in [0.15, 0.2) is 39.4 Å². The van der Waals surface area contributed by atoms with Crippen LogP contribution in [0, 0.1) is 0 Å².